The Hall–Kier alpha value is -0.360. The molecule has 0 saturated heterocycles. The molecule has 0 aromatic carbocycles. The monoisotopic (exact) mass is 431 g/mol. The molecule has 0 heterocycles. The average Bonchev–Trinajstić information content (AvgIpc) is 2.83. The topological polar surface area (TPSA) is 55.1 Å². The standard InChI is InChI=1S/C19H32IN2O/c1-22-19(23)16-10-6-3-2-5-9-15(13-14-16)17-11-7-4-8-12-18(17)20-21/h2,5,13-18H,3-4,6-12,21H2,1H3,(H,22,23)/q-1/b5-2-,14-13-. The molecule has 3 N–H and O–H groups in total. The molecule has 0 spiro atoms. The number of nitrogens with one attached hydrogen (secondary N) is 1. The van der Waals surface area contributed by atoms with Gasteiger partial charge in [0.25, 0.3) is 0 Å². The van der Waals surface area contributed by atoms with Gasteiger partial charge in [-0.05, 0) is 0 Å². The number of carbonyl (C=O) groups is 1. The van der Waals surface area contributed by atoms with Crippen LogP contribution in [0.3, 0.4) is 0 Å². The molecule has 2 aliphatic rings. The first kappa shape index (κ1) is 19.0. The second kappa shape index (κ2) is 10.5. The summed E-state index contributed by atoms with van der Waals surface area (Å²) in [6.45, 7) is 0. The molecule has 0 aromatic rings. The van der Waals surface area contributed by atoms with Crippen molar-refractivity contribution in [3.8, 4) is 0 Å². The van der Waals surface area contributed by atoms with E-state index in [1.54, 1.807) is 7.05 Å². The van der Waals surface area contributed by atoms with Crippen LogP contribution >= 0.6 is 0 Å². The van der Waals surface area contributed by atoms with E-state index >= 15 is 0 Å². The van der Waals surface area contributed by atoms with Crippen LogP contribution in [0.15, 0.2) is 24.3 Å². The minimum atomic E-state index is -0.191. The Morgan fingerprint density at radius 2 is 1.91 bits per heavy atom. The predicted octanol–water partition coefficient (Wildman–Crippen LogP) is 0.563. The molecule has 0 radical (unpaired) electrons. The molecule has 3 nitrogen and oxygen atoms in total. The molecule has 0 aliphatic heterocycles. The first-order valence-electron chi connectivity index (χ1n) is 9.13. The predicted molar refractivity (Wildman–Crippen MR) is 92.3 cm³/mol. The molecular weight excluding hydrogens is 399 g/mol. The maximum absolute atomic E-state index is 12.1. The van der Waals surface area contributed by atoms with E-state index in [0.29, 0.717) is 5.92 Å². The second-order valence-corrected chi connectivity index (χ2v) is 9.17. The van der Waals surface area contributed by atoms with Crippen LogP contribution in [0.5, 0.6) is 0 Å². The first-order valence-corrected chi connectivity index (χ1v) is 11.6. The first-order chi connectivity index (χ1) is 11.3. The van der Waals surface area contributed by atoms with Crippen molar-refractivity contribution >= 4 is 5.91 Å². The number of hydrogen-bond donors (Lipinski definition) is 2. The van der Waals surface area contributed by atoms with Gasteiger partial charge < -0.3 is 0 Å². The molecule has 0 bridgehead atoms. The van der Waals surface area contributed by atoms with Crippen LogP contribution in [0.4, 0.5) is 0 Å². The van der Waals surface area contributed by atoms with E-state index in [0.717, 1.165) is 35.5 Å². The third kappa shape index (κ3) is 5.89. The van der Waals surface area contributed by atoms with Crippen LogP contribution in [0.25, 0.3) is 0 Å². The van der Waals surface area contributed by atoms with Crippen LogP contribution in [0, 0.1) is 17.8 Å². The van der Waals surface area contributed by atoms with E-state index in [1.165, 1.54) is 32.1 Å². The zero-order chi connectivity index (χ0) is 16.5. The fourth-order valence-corrected chi connectivity index (χ4v) is 6.16. The molecule has 2 aliphatic carbocycles. The van der Waals surface area contributed by atoms with Crippen molar-refractivity contribution in [1.82, 2.24) is 5.32 Å². The SMILES string of the molecule is CNC(=O)C1/C=C\C(C2CCCCCC2[I-]N)C/C=C\CCC1. The van der Waals surface area contributed by atoms with Gasteiger partial charge in [-0.3, -0.25) is 0 Å². The van der Waals surface area contributed by atoms with Crippen molar-refractivity contribution < 1.29 is 26.3 Å². The summed E-state index contributed by atoms with van der Waals surface area (Å²) in [5.74, 6) is 1.47. The normalized spacial score (nSPS) is 35.9. The summed E-state index contributed by atoms with van der Waals surface area (Å²) in [6, 6.07) is 0. The molecule has 23 heavy (non-hydrogen) atoms. The Labute approximate surface area is 152 Å². The van der Waals surface area contributed by atoms with Gasteiger partial charge in [0.2, 0.25) is 0 Å². The van der Waals surface area contributed by atoms with Crippen molar-refractivity contribution in [2.24, 2.45) is 21.7 Å². The average molecular weight is 431 g/mol. The van der Waals surface area contributed by atoms with Crippen LogP contribution in [-0.2, 0) is 4.79 Å². The second-order valence-electron chi connectivity index (χ2n) is 6.85. The molecule has 0 aromatic heterocycles. The number of halogens is 1. The zero-order valence-electron chi connectivity index (χ0n) is 14.3. The molecule has 4 atom stereocenters. The van der Waals surface area contributed by atoms with E-state index in [-0.39, 0.29) is 33.3 Å². The van der Waals surface area contributed by atoms with Gasteiger partial charge in [-0.1, -0.05) is 0 Å². The van der Waals surface area contributed by atoms with Gasteiger partial charge >= 0.3 is 152 Å². The molecule has 2 rings (SSSR count). The fraction of sp³-hybridized carbons (Fsp3) is 0.737. The van der Waals surface area contributed by atoms with Crippen LogP contribution in [0.1, 0.15) is 57.8 Å². The van der Waals surface area contributed by atoms with Crippen molar-refractivity contribution in [2.75, 3.05) is 7.05 Å². The van der Waals surface area contributed by atoms with Gasteiger partial charge in [-0.25, -0.2) is 0 Å². The van der Waals surface area contributed by atoms with Crippen LogP contribution < -0.4 is 30.7 Å². The number of rotatable bonds is 3. The minimum absolute atomic E-state index is 0.0332. The van der Waals surface area contributed by atoms with Crippen molar-refractivity contribution in [3.05, 3.63) is 24.3 Å². The van der Waals surface area contributed by atoms with Gasteiger partial charge in [-0.2, -0.15) is 0 Å². The molecule has 1 amide bonds. The molecule has 4 heteroatoms. The quantitative estimate of drug-likeness (QED) is 0.226. The van der Waals surface area contributed by atoms with Gasteiger partial charge in [0, 0.05) is 0 Å². The van der Waals surface area contributed by atoms with Crippen LogP contribution in [0.2, 0.25) is 0 Å². The summed E-state index contributed by atoms with van der Waals surface area (Å²) in [5.41, 5.74) is 0. The van der Waals surface area contributed by atoms with E-state index in [9.17, 15) is 4.79 Å². The third-order valence-corrected chi connectivity index (χ3v) is 7.80. The Morgan fingerprint density at radius 1 is 1.09 bits per heavy atom. The summed E-state index contributed by atoms with van der Waals surface area (Å²) in [7, 11) is 1.74. The fourth-order valence-electron chi connectivity index (χ4n) is 3.93. The van der Waals surface area contributed by atoms with Gasteiger partial charge in [0.15, 0.2) is 0 Å². The van der Waals surface area contributed by atoms with E-state index in [1.807, 2.05) is 0 Å². The van der Waals surface area contributed by atoms with Crippen molar-refractivity contribution in [1.29, 1.82) is 0 Å². The Bertz CT molecular complexity index is 422. The van der Waals surface area contributed by atoms with E-state index < -0.39 is 0 Å². The Balaban J connectivity index is 2.15. The molecule has 1 saturated carbocycles. The number of amides is 1. The summed E-state index contributed by atoms with van der Waals surface area (Å²) < 4.78 is 6.95. The number of allylic oxidation sites excluding steroid dienone is 3. The summed E-state index contributed by atoms with van der Waals surface area (Å²) in [5, 5.41) is 2.82. The number of nitrogens with two attached hydrogens (primary N) is 1. The van der Waals surface area contributed by atoms with Crippen molar-refractivity contribution in [2.45, 2.75) is 61.7 Å². The summed E-state index contributed by atoms with van der Waals surface area (Å²) >= 11 is -0.191. The van der Waals surface area contributed by atoms with Crippen molar-refractivity contribution in [3.63, 3.8) is 0 Å². The zero-order valence-corrected chi connectivity index (χ0v) is 16.5. The number of alkyl halides is 1. The molecular formula is C19H32IN2O-. The Morgan fingerprint density at radius 3 is 2.70 bits per heavy atom. The van der Waals surface area contributed by atoms with Crippen LogP contribution in [-0.4, -0.2) is 16.9 Å². The third-order valence-electron chi connectivity index (χ3n) is 5.33. The van der Waals surface area contributed by atoms with Gasteiger partial charge in [0.1, 0.15) is 0 Å². The summed E-state index contributed by atoms with van der Waals surface area (Å²) in [4.78, 5) is 12.1. The molecule has 132 valence electrons. The number of hydrogen-bond acceptors (Lipinski definition) is 2. The number of carbonyl (C=O) groups excluding carboxylic acids is 1. The Kier molecular flexibility index (Phi) is 8.66. The van der Waals surface area contributed by atoms with E-state index in [4.69, 9.17) is 3.95 Å². The van der Waals surface area contributed by atoms with E-state index in [2.05, 4.69) is 29.6 Å². The summed E-state index contributed by atoms with van der Waals surface area (Å²) in [6.07, 6.45) is 20.2. The maximum atomic E-state index is 12.1. The molecule has 1 fully saturated rings. The van der Waals surface area contributed by atoms with Gasteiger partial charge in [0.05, 0.1) is 0 Å². The van der Waals surface area contributed by atoms with Gasteiger partial charge in [-0.15, -0.1) is 0 Å². The molecule has 4 unspecified atom stereocenters.